The molecule has 13 heavy (non-hydrogen) atoms. The lowest BCUT2D eigenvalue weighted by Gasteiger charge is -2.16. The van der Waals surface area contributed by atoms with Gasteiger partial charge in [0.1, 0.15) is 0 Å². The van der Waals surface area contributed by atoms with Crippen LogP contribution in [0.15, 0.2) is 11.8 Å². The third kappa shape index (κ3) is 4.75. The van der Waals surface area contributed by atoms with Crippen LogP contribution in [0.2, 0.25) is 0 Å². The molecule has 0 aliphatic carbocycles. The van der Waals surface area contributed by atoms with Gasteiger partial charge in [-0.25, -0.2) is 0 Å². The van der Waals surface area contributed by atoms with E-state index in [1.54, 1.807) is 20.8 Å². The van der Waals surface area contributed by atoms with E-state index in [1.165, 1.54) is 0 Å². The summed E-state index contributed by atoms with van der Waals surface area (Å²) in [6, 6.07) is 0. The van der Waals surface area contributed by atoms with Gasteiger partial charge in [-0.2, -0.15) is 0 Å². The van der Waals surface area contributed by atoms with Crippen LogP contribution in [0.1, 0.15) is 20.8 Å². The van der Waals surface area contributed by atoms with Crippen molar-refractivity contribution in [3.8, 4) is 0 Å². The zero-order chi connectivity index (χ0) is 10.9. The molecule has 0 heterocycles. The maximum absolute atomic E-state index is 11.4. The Balaban J connectivity index is 4.70. The Morgan fingerprint density at radius 3 is 1.85 bits per heavy atom. The molecule has 0 unspecified atom stereocenters. The first kappa shape index (κ1) is 13.1. The highest BCUT2D eigenvalue weighted by Gasteiger charge is 2.27. The maximum Gasteiger partial charge on any atom is 0.230 e. The first-order valence-corrected chi connectivity index (χ1v) is 4.77. The quantitative estimate of drug-likeness (QED) is 0.569. The molecule has 0 saturated heterocycles. The van der Waals surface area contributed by atoms with Gasteiger partial charge in [-0.05, 0) is 0 Å². The Bertz CT molecular complexity index is 235. The fraction of sp³-hybridized carbons (Fsp3) is 0.625. The van der Waals surface area contributed by atoms with Crippen LogP contribution in [0.4, 0.5) is 0 Å². The predicted octanol–water partition coefficient (Wildman–Crippen LogP) is 2.81. The first-order chi connectivity index (χ1) is 5.55. The molecule has 0 amide bonds. The minimum absolute atomic E-state index is 0.0579. The summed E-state index contributed by atoms with van der Waals surface area (Å²) < 4.78 is -1.71. The van der Waals surface area contributed by atoms with Gasteiger partial charge in [0.05, 0.1) is 5.70 Å². The lowest BCUT2D eigenvalue weighted by Crippen LogP contribution is -2.23. The van der Waals surface area contributed by atoms with Gasteiger partial charge in [-0.15, -0.1) is 0 Å². The number of rotatable bonds is 1. The summed E-state index contributed by atoms with van der Waals surface area (Å²) in [6.07, 6.45) is 1.16. The van der Waals surface area contributed by atoms with E-state index in [1.807, 2.05) is 0 Å². The molecule has 0 aromatic rings. The summed E-state index contributed by atoms with van der Waals surface area (Å²) in [5.74, 6) is -0.170. The Hall–Kier alpha value is 0.0800. The fourth-order valence-corrected chi connectivity index (χ4v) is 0.603. The molecule has 0 atom stereocenters. The Labute approximate surface area is 93.0 Å². The number of hydrogen-bond acceptors (Lipinski definition) is 2. The van der Waals surface area contributed by atoms with E-state index < -0.39 is 9.21 Å². The van der Waals surface area contributed by atoms with Gasteiger partial charge in [0.2, 0.25) is 3.79 Å². The van der Waals surface area contributed by atoms with Gasteiger partial charge in [0.15, 0.2) is 5.78 Å². The van der Waals surface area contributed by atoms with Crippen LogP contribution >= 0.6 is 34.8 Å². The van der Waals surface area contributed by atoms with Gasteiger partial charge in [0.25, 0.3) is 0 Å². The monoisotopic (exact) mass is 243 g/mol. The van der Waals surface area contributed by atoms with Gasteiger partial charge in [-0.3, -0.25) is 4.79 Å². The maximum atomic E-state index is 11.4. The van der Waals surface area contributed by atoms with E-state index in [2.05, 4.69) is 0 Å². The summed E-state index contributed by atoms with van der Waals surface area (Å²) in [5.41, 5.74) is 4.82. The molecule has 76 valence electrons. The van der Waals surface area contributed by atoms with Gasteiger partial charge in [-0.1, -0.05) is 55.6 Å². The van der Waals surface area contributed by atoms with E-state index >= 15 is 0 Å². The fourth-order valence-electron chi connectivity index (χ4n) is 0.440. The van der Waals surface area contributed by atoms with Gasteiger partial charge < -0.3 is 5.73 Å². The summed E-state index contributed by atoms with van der Waals surface area (Å²) in [4.78, 5) is 11.4. The molecule has 0 spiro atoms. The van der Waals surface area contributed by atoms with Crippen molar-refractivity contribution in [3.63, 3.8) is 0 Å². The highest BCUT2D eigenvalue weighted by Crippen LogP contribution is 2.32. The van der Waals surface area contributed by atoms with E-state index in [0.29, 0.717) is 0 Å². The van der Waals surface area contributed by atoms with E-state index in [-0.39, 0.29) is 11.5 Å². The lowest BCUT2D eigenvalue weighted by atomic mass is 9.90. The third-order valence-electron chi connectivity index (χ3n) is 1.35. The molecule has 0 radical (unpaired) electrons. The highest BCUT2D eigenvalue weighted by molar-refractivity contribution is 6.69. The average Bonchev–Trinajstić information content (AvgIpc) is 1.82. The molecule has 2 nitrogen and oxygen atoms in total. The molecule has 0 fully saturated rings. The number of carbonyl (C=O) groups excluding carboxylic acids is 1. The van der Waals surface area contributed by atoms with Crippen LogP contribution in [0.3, 0.4) is 0 Å². The van der Waals surface area contributed by atoms with E-state index in [9.17, 15) is 4.79 Å². The molecular weight excluding hydrogens is 232 g/mol. The lowest BCUT2D eigenvalue weighted by molar-refractivity contribution is -0.121. The molecular formula is C8H12Cl3NO. The van der Waals surface area contributed by atoms with Crippen LogP contribution in [-0.2, 0) is 4.79 Å². The minimum Gasteiger partial charge on any atom is -0.398 e. The topological polar surface area (TPSA) is 43.1 Å². The standard InChI is InChI=1S/C8H12Cl3NO/c1-7(2,3)6(13)4-5(12)8(9,10)11/h4H,12H2,1-3H3. The van der Waals surface area contributed by atoms with E-state index in [0.717, 1.165) is 6.08 Å². The van der Waals surface area contributed by atoms with Crippen LogP contribution in [0, 0.1) is 5.41 Å². The van der Waals surface area contributed by atoms with Crippen molar-refractivity contribution in [2.45, 2.75) is 24.6 Å². The van der Waals surface area contributed by atoms with Crippen molar-refractivity contribution in [1.29, 1.82) is 0 Å². The summed E-state index contributed by atoms with van der Waals surface area (Å²) >= 11 is 16.4. The predicted molar refractivity (Wildman–Crippen MR) is 57.0 cm³/mol. The second-order valence-electron chi connectivity index (χ2n) is 3.71. The molecule has 0 saturated carbocycles. The zero-order valence-electron chi connectivity index (χ0n) is 7.70. The van der Waals surface area contributed by atoms with Crippen molar-refractivity contribution in [3.05, 3.63) is 11.8 Å². The Morgan fingerprint density at radius 1 is 1.23 bits per heavy atom. The SMILES string of the molecule is CC(C)(C)C(=O)C=C(N)C(Cl)(Cl)Cl. The third-order valence-corrected chi connectivity index (χ3v) is 2.01. The second kappa shape index (κ2) is 4.07. The molecule has 0 aromatic carbocycles. The molecule has 0 aliphatic heterocycles. The van der Waals surface area contributed by atoms with Crippen LogP contribution in [0.5, 0.6) is 0 Å². The largest absolute Gasteiger partial charge is 0.398 e. The molecule has 0 rings (SSSR count). The molecule has 0 aliphatic rings. The Morgan fingerprint density at radius 2 is 1.62 bits per heavy atom. The summed E-state index contributed by atoms with van der Waals surface area (Å²) in [7, 11) is 0. The number of halogens is 3. The molecule has 5 heteroatoms. The number of ketones is 1. The van der Waals surface area contributed by atoms with Crippen LogP contribution < -0.4 is 5.73 Å². The van der Waals surface area contributed by atoms with Crippen LogP contribution in [-0.4, -0.2) is 9.58 Å². The smallest absolute Gasteiger partial charge is 0.230 e. The highest BCUT2D eigenvalue weighted by atomic mass is 35.6. The van der Waals surface area contributed by atoms with Crippen molar-refractivity contribution >= 4 is 40.6 Å². The van der Waals surface area contributed by atoms with Gasteiger partial charge in [0, 0.05) is 11.5 Å². The number of alkyl halides is 3. The first-order valence-electron chi connectivity index (χ1n) is 3.64. The van der Waals surface area contributed by atoms with Crippen molar-refractivity contribution in [1.82, 2.24) is 0 Å². The second-order valence-corrected chi connectivity index (χ2v) is 5.99. The van der Waals surface area contributed by atoms with Crippen molar-refractivity contribution < 1.29 is 4.79 Å². The zero-order valence-corrected chi connectivity index (χ0v) is 9.96. The molecule has 0 aromatic heterocycles. The Kier molecular flexibility index (Phi) is 4.10. The minimum atomic E-state index is -1.71. The number of nitrogens with two attached hydrogens (primary N) is 1. The molecule has 2 N–H and O–H groups in total. The molecule has 0 bridgehead atoms. The van der Waals surface area contributed by atoms with E-state index in [4.69, 9.17) is 40.5 Å². The van der Waals surface area contributed by atoms with Crippen molar-refractivity contribution in [2.24, 2.45) is 11.1 Å². The normalized spacial score (nSPS) is 14.5. The summed E-state index contributed by atoms with van der Waals surface area (Å²) in [6.45, 7) is 5.28. The number of carbonyl (C=O) groups is 1. The number of hydrogen-bond donors (Lipinski definition) is 1. The van der Waals surface area contributed by atoms with Crippen LogP contribution in [0.25, 0.3) is 0 Å². The average molecular weight is 245 g/mol. The van der Waals surface area contributed by atoms with Crippen molar-refractivity contribution in [2.75, 3.05) is 0 Å². The summed E-state index contributed by atoms with van der Waals surface area (Å²) in [5, 5.41) is 0. The van der Waals surface area contributed by atoms with Gasteiger partial charge >= 0.3 is 0 Å². The number of allylic oxidation sites excluding steroid dienone is 2.